The van der Waals surface area contributed by atoms with Crippen molar-refractivity contribution in [1.82, 2.24) is 0 Å². The lowest BCUT2D eigenvalue weighted by Gasteiger charge is -2.14. The van der Waals surface area contributed by atoms with E-state index in [0.29, 0.717) is 18.1 Å². The van der Waals surface area contributed by atoms with E-state index in [1.807, 2.05) is 0 Å². The molecule has 1 heterocycles. The van der Waals surface area contributed by atoms with Crippen molar-refractivity contribution in [2.24, 2.45) is 0 Å². The van der Waals surface area contributed by atoms with Gasteiger partial charge in [-0.3, -0.25) is 0 Å². The number of methoxy groups -OCH3 is 1. The van der Waals surface area contributed by atoms with Crippen LogP contribution in [-0.4, -0.2) is 39.3 Å². The van der Waals surface area contributed by atoms with Gasteiger partial charge in [-0.1, -0.05) is 12.1 Å². The monoisotopic (exact) mass is 291 g/mol. The van der Waals surface area contributed by atoms with Gasteiger partial charge in [-0.25, -0.2) is 0 Å². The van der Waals surface area contributed by atoms with Crippen LogP contribution in [0.25, 0.3) is 6.08 Å². The van der Waals surface area contributed by atoms with Crippen molar-refractivity contribution < 1.29 is 24.3 Å². The molecule has 1 fully saturated rings. The van der Waals surface area contributed by atoms with Crippen LogP contribution < -0.4 is 19.5 Å². The van der Waals surface area contributed by atoms with Gasteiger partial charge >= 0.3 is 0 Å². The number of rotatable bonds is 7. The van der Waals surface area contributed by atoms with Crippen molar-refractivity contribution in [2.75, 3.05) is 33.4 Å². The average molecular weight is 291 g/mol. The van der Waals surface area contributed by atoms with Gasteiger partial charge in [0.15, 0.2) is 11.5 Å². The highest BCUT2D eigenvalue weighted by Crippen LogP contribution is 2.28. The number of carboxylic acid groups (broad SMARTS) is 1. The lowest BCUT2D eigenvalue weighted by atomic mass is 10.2. The molecule has 0 saturated carbocycles. The number of carbonyl (C=O) groups is 1. The maximum Gasteiger partial charge on any atom is 0.161 e. The number of hydrogen-bond acceptors (Lipinski definition) is 4. The zero-order valence-electron chi connectivity index (χ0n) is 12.3. The summed E-state index contributed by atoms with van der Waals surface area (Å²) in [4.78, 5) is 12.0. The van der Waals surface area contributed by atoms with Gasteiger partial charge < -0.3 is 24.3 Å². The second kappa shape index (κ2) is 7.69. The molecule has 0 aromatic heterocycles. The fourth-order valence-corrected chi connectivity index (χ4v) is 2.50. The molecule has 114 valence electrons. The van der Waals surface area contributed by atoms with E-state index in [2.05, 4.69) is 0 Å². The number of hydrogen-bond donors (Lipinski definition) is 1. The van der Waals surface area contributed by atoms with E-state index < -0.39 is 5.97 Å². The molecule has 0 unspecified atom stereocenters. The number of quaternary nitrogens is 1. The molecule has 1 aromatic carbocycles. The predicted octanol–water partition coefficient (Wildman–Crippen LogP) is -0.484. The molecule has 0 radical (unpaired) electrons. The van der Waals surface area contributed by atoms with Crippen LogP contribution in [0.3, 0.4) is 0 Å². The molecule has 1 aliphatic heterocycles. The largest absolute Gasteiger partial charge is 0.545 e. The molecule has 0 spiro atoms. The molecule has 1 N–H and O–H groups in total. The Bertz CT molecular complexity index is 507. The standard InChI is InChI=1S/C16H21NO4/c1-20-15-12-13(5-7-16(18)19)4-6-14(15)21-11-10-17-8-2-3-9-17/h4-7,12H,2-3,8-11H2,1H3,(H,18,19)/b7-5+. The van der Waals surface area contributed by atoms with Crippen LogP contribution in [0.4, 0.5) is 0 Å². The summed E-state index contributed by atoms with van der Waals surface area (Å²) in [5, 5.41) is 10.4. The molecule has 1 aromatic rings. The molecule has 5 nitrogen and oxygen atoms in total. The molecule has 1 saturated heterocycles. The Hall–Kier alpha value is -2.01. The van der Waals surface area contributed by atoms with Gasteiger partial charge in [0.25, 0.3) is 0 Å². The van der Waals surface area contributed by atoms with Gasteiger partial charge in [-0.2, -0.15) is 0 Å². The molecule has 5 heteroatoms. The summed E-state index contributed by atoms with van der Waals surface area (Å²) in [6, 6.07) is 5.34. The topological polar surface area (TPSA) is 63.0 Å². The highest BCUT2D eigenvalue weighted by molar-refractivity contribution is 5.83. The van der Waals surface area contributed by atoms with Crippen molar-refractivity contribution in [2.45, 2.75) is 12.8 Å². The van der Waals surface area contributed by atoms with E-state index in [4.69, 9.17) is 9.47 Å². The number of carboxylic acids is 1. The van der Waals surface area contributed by atoms with Gasteiger partial charge in [0.05, 0.1) is 26.2 Å². The minimum absolute atomic E-state index is 0.604. The Morgan fingerprint density at radius 2 is 2.10 bits per heavy atom. The molecule has 0 bridgehead atoms. The lowest BCUT2D eigenvalue weighted by molar-refractivity contribution is -0.887. The third-order valence-electron chi connectivity index (χ3n) is 3.62. The average Bonchev–Trinajstić information content (AvgIpc) is 2.99. The predicted molar refractivity (Wildman–Crippen MR) is 77.3 cm³/mol. The molecular weight excluding hydrogens is 270 g/mol. The van der Waals surface area contributed by atoms with Crippen LogP contribution in [0.5, 0.6) is 11.5 Å². The normalized spacial score (nSPS) is 15.5. The Kier molecular flexibility index (Phi) is 5.63. The Morgan fingerprint density at radius 3 is 2.76 bits per heavy atom. The van der Waals surface area contributed by atoms with Crippen molar-refractivity contribution in [3.63, 3.8) is 0 Å². The van der Waals surface area contributed by atoms with Gasteiger partial charge in [-0.15, -0.1) is 0 Å². The molecule has 0 atom stereocenters. The molecule has 0 aliphatic carbocycles. The van der Waals surface area contributed by atoms with Crippen LogP contribution >= 0.6 is 0 Å². The zero-order valence-corrected chi connectivity index (χ0v) is 12.3. The first kappa shape index (κ1) is 15.4. The molecule has 0 amide bonds. The van der Waals surface area contributed by atoms with E-state index in [1.54, 1.807) is 30.2 Å². The van der Waals surface area contributed by atoms with Crippen LogP contribution in [0.15, 0.2) is 24.3 Å². The highest BCUT2D eigenvalue weighted by Gasteiger charge is 2.15. The Labute approximate surface area is 124 Å². The first-order valence-corrected chi connectivity index (χ1v) is 7.22. The Morgan fingerprint density at radius 1 is 1.33 bits per heavy atom. The molecule has 21 heavy (non-hydrogen) atoms. The number of aliphatic carboxylic acids is 1. The fraction of sp³-hybridized carbons (Fsp3) is 0.438. The number of ether oxygens (including phenoxy) is 2. The first-order chi connectivity index (χ1) is 10.2. The molecule has 2 rings (SSSR count). The van der Waals surface area contributed by atoms with Crippen LogP contribution in [0, 0.1) is 0 Å². The maximum atomic E-state index is 10.4. The smallest absolute Gasteiger partial charge is 0.161 e. The van der Waals surface area contributed by atoms with Crippen molar-refractivity contribution in [3.8, 4) is 11.5 Å². The summed E-state index contributed by atoms with van der Waals surface area (Å²) in [6.45, 7) is 4.11. The summed E-state index contributed by atoms with van der Waals surface area (Å²) in [5.74, 6) is 0.0662. The Balaban J connectivity index is 1.93. The quantitative estimate of drug-likeness (QED) is 0.689. The van der Waals surface area contributed by atoms with E-state index in [0.717, 1.165) is 18.2 Å². The van der Waals surface area contributed by atoms with E-state index in [9.17, 15) is 9.90 Å². The van der Waals surface area contributed by atoms with Gasteiger partial charge in [0.2, 0.25) is 0 Å². The zero-order chi connectivity index (χ0) is 15.1. The second-order valence-corrected chi connectivity index (χ2v) is 5.12. The SMILES string of the molecule is COc1cc(/C=C/C(=O)[O-])ccc1OCC[NH+]1CCCC1. The summed E-state index contributed by atoms with van der Waals surface area (Å²) in [5.41, 5.74) is 0.730. The van der Waals surface area contributed by atoms with Crippen LogP contribution in [0.2, 0.25) is 0 Å². The van der Waals surface area contributed by atoms with Crippen molar-refractivity contribution in [1.29, 1.82) is 0 Å². The van der Waals surface area contributed by atoms with E-state index >= 15 is 0 Å². The van der Waals surface area contributed by atoms with Crippen LogP contribution in [-0.2, 0) is 4.79 Å². The van der Waals surface area contributed by atoms with Crippen molar-refractivity contribution in [3.05, 3.63) is 29.8 Å². The lowest BCUT2D eigenvalue weighted by Crippen LogP contribution is -3.10. The number of carbonyl (C=O) groups excluding carboxylic acids is 1. The van der Waals surface area contributed by atoms with E-state index in [1.165, 1.54) is 32.0 Å². The number of likely N-dealkylation sites (tertiary alicyclic amines) is 1. The van der Waals surface area contributed by atoms with Crippen molar-refractivity contribution >= 4 is 12.0 Å². The highest BCUT2D eigenvalue weighted by atomic mass is 16.5. The second-order valence-electron chi connectivity index (χ2n) is 5.12. The maximum absolute atomic E-state index is 10.4. The minimum atomic E-state index is -1.22. The van der Waals surface area contributed by atoms with Gasteiger partial charge in [0, 0.05) is 12.8 Å². The molecular formula is C16H21NO4. The summed E-state index contributed by atoms with van der Waals surface area (Å²) < 4.78 is 11.1. The fourth-order valence-electron chi connectivity index (χ4n) is 2.50. The third-order valence-corrected chi connectivity index (χ3v) is 3.62. The minimum Gasteiger partial charge on any atom is -0.545 e. The first-order valence-electron chi connectivity index (χ1n) is 7.22. The third kappa shape index (κ3) is 4.79. The summed E-state index contributed by atoms with van der Waals surface area (Å²) in [6.07, 6.45) is 5.07. The summed E-state index contributed by atoms with van der Waals surface area (Å²) >= 11 is 0. The van der Waals surface area contributed by atoms with Gasteiger partial charge in [0.1, 0.15) is 13.2 Å². The number of benzene rings is 1. The molecule has 1 aliphatic rings. The summed E-state index contributed by atoms with van der Waals surface area (Å²) in [7, 11) is 1.57. The van der Waals surface area contributed by atoms with Crippen LogP contribution in [0.1, 0.15) is 18.4 Å². The van der Waals surface area contributed by atoms with Gasteiger partial charge in [-0.05, 0) is 23.8 Å². The van der Waals surface area contributed by atoms with E-state index in [-0.39, 0.29) is 0 Å². The number of nitrogens with one attached hydrogen (secondary N) is 1.